The summed E-state index contributed by atoms with van der Waals surface area (Å²) in [6.07, 6.45) is 0. The normalized spacial score (nSPS) is 19.6. The van der Waals surface area contributed by atoms with Crippen LogP contribution in [0.4, 0.5) is 0 Å². The van der Waals surface area contributed by atoms with Crippen molar-refractivity contribution < 1.29 is 4.42 Å². The lowest BCUT2D eigenvalue weighted by atomic mass is 10.2. The molecule has 2 heterocycles. The average molecular weight is 274 g/mol. The van der Waals surface area contributed by atoms with Crippen molar-refractivity contribution in [2.75, 3.05) is 33.2 Å². The Morgan fingerprint density at radius 1 is 1.30 bits per heavy atom. The molecule has 3 rings (SSSR count). The summed E-state index contributed by atoms with van der Waals surface area (Å²) < 4.78 is 5.63. The van der Waals surface area contributed by atoms with E-state index in [1.807, 2.05) is 13.0 Å². The monoisotopic (exact) mass is 274 g/mol. The molecule has 2 aromatic rings. The van der Waals surface area contributed by atoms with Crippen LogP contribution in [-0.4, -0.2) is 48.0 Å². The highest BCUT2D eigenvalue weighted by molar-refractivity contribution is 5.73. The van der Waals surface area contributed by atoms with E-state index in [0.717, 1.165) is 43.8 Å². The molecule has 1 fully saturated rings. The Labute approximate surface area is 119 Å². The Bertz CT molecular complexity index is 585. The fourth-order valence-electron chi connectivity index (χ4n) is 2.55. The molecule has 1 atom stereocenters. The second-order valence-electron chi connectivity index (χ2n) is 5.72. The van der Waals surface area contributed by atoms with Gasteiger partial charge in [-0.15, -0.1) is 0 Å². The number of fused-ring (bicyclic) bond motifs is 1. The quantitative estimate of drug-likeness (QED) is 0.921. The minimum absolute atomic E-state index is 0.163. The number of oxazole rings is 1. The van der Waals surface area contributed by atoms with Crippen LogP contribution in [0, 0.1) is 0 Å². The third kappa shape index (κ3) is 2.85. The number of piperazine rings is 1. The molecule has 0 saturated carbocycles. The highest BCUT2D eigenvalue weighted by Crippen LogP contribution is 2.21. The van der Waals surface area contributed by atoms with Crippen LogP contribution in [0.2, 0.25) is 0 Å². The van der Waals surface area contributed by atoms with Gasteiger partial charge < -0.3 is 15.1 Å². The Morgan fingerprint density at radius 3 is 2.75 bits per heavy atom. The van der Waals surface area contributed by atoms with E-state index in [1.165, 1.54) is 5.56 Å². The van der Waals surface area contributed by atoms with Crippen LogP contribution in [0.3, 0.4) is 0 Å². The topological polar surface area (TPSA) is 58.5 Å². The van der Waals surface area contributed by atoms with Crippen molar-refractivity contribution in [3.8, 4) is 0 Å². The lowest BCUT2D eigenvalue weighted by Crippen LogP contribution is -2.43. The summed E-state index contributed by atoms with van der Waals surface area (Å²) >= 11 is 0. The maximum absolute atomic E-state index is 5.81. The van der Waals surface area contributed by atoms with E-state index in [2.05, 4.69) is 34.0 Å². The zero-order valence-corrected chi connectivity index (χ0v) is 12.2. The van der Waals surface area contributed by atoms with Crippen molar-refractivity contribution in [2.45, 2.75) is 19.5 Å². The van der Waals surface area contributed by atoms with Crippen molar-refractivity contribution in [1.29, 1.82) is 0 Å². The summed E-state index contributed by atoms with van der Waals surface area (Å²) in [6, 6.07) is 6.07. The molecule has 1 aromatic carbocycles. The van der Waals surface area contributed by atoms with Crippen molar-refractivity contribution in [2.24, 2.45) is 5.73 Å². The van der Waals surface area contributed by atoms with Crippen LogP contribution in [0.25, 0.3) is 11.1 Å². The molecule has 1 aromatic heterocycles. The van der Waals surface area contributed by atoms with E-state index in [1.54, 1.807) is 0 Å². The molecule has 20 heavy (non-hydrogen) atoms. The number of rotatable bonds is 3. The van der Waals surface area contributed by atoms with Gasteiger partial charge in [0.25, 0.3) is 0 Å². The fraction of sp³-hybridized carbons (Fsp3) is 0.533. The molecule has 0 aliphatic carbocycles. The molecule has 5 nitrogen and oxygen atoms in total. The number of nitrogens with two attached hydrogens (primary N) is 1. The van der Waals surface area contributed by atoms with Crippen molar-refractivity contribution in [1.82, 2.24) is 14.8 Å². The minimum Gasteiger partial charge on any atom is -0.439 e. The molecule has 1 aliphatic heterocycles. The lowest BCUT2D eigenvalue weighted by molar-refractivity contribution is 0.148. The third-order valence-electron chi connectivity index (χ3n) is 3.86. The summed E-state index contributed by atoms with van der Waals surface area (Å²) in [5.74, 6) is 0.608. The highest BCUT2D eigenvalue weighted by Gasteiger charge is 2.15. The van der Waals surface area contributed by atoms with Crippen LogP contribution < -0.4 is 5.73 Å². The predicted octanol–water partition coefficient (Wildman–Crippen LogP) is 1.59. The molecule has 0 radical (unpaired) electrons. The molecular weight excluding hydrogens is 252 g/mol. The lowest BCUT2D eigenvalue weighted by Gasteiger charge is -2.32. The van der Waals surface area contributed by atoms with Gasteiger partial charge in [0.2, 0.25) is 5.89 Å². The predicted molar refractivity (Wildman–Crippen MR) is 79.4 cm³/mol. The second kappa shape index (κ2) is 5.52. The largest absolute Gasteiger partial charge is 0.439 e. The second-order valence-corrected chi connectivity index (χ2v) is 5.72. The van der Waals surface area contributed by atoms with Crippen LogP contribution in [0.15, 0.2) is 22.6 Å². The van der Waals surface area contributed by atoms with Crippen LogP contribution in [-0.2, 0) is 6.54 Å². The highest BCUT2D eigenvalue weighted by atomic mass is 16.3. The van der Waals surface area contributed by atoms with Gasteiger partial charge in [-0.25, -0.2) is 4.98 Å². The van der Waals surface area contributed by atoms with Crippen LogP contribution >= 0.6 is 0 Å². The van der Waals surface area contributed by atoms with Gasteiger partial charge in [-0.05, 0) is 31.7 Å². The van der Waals surface area contributed by atoms with Gasteiger partial charge in [-0.2, -0.15) is 0 Å². The van der Waals surface area contributed by atoms with E-state index < -0.39 is 0 Å². The number of benzene rings is 1. The Kier molecular flexibility index (Phi) is 3.74. The van der Waals surface area contributed by atoms with Crippen molar-refractivity contribution >= 4 is 11.1 Å². The fourth-order valence-corrected chi connectivity index (χ4v) is 2.55. The first-order chi connectivity index (χ1) is 9.61. The van der Waals surface area contributed by atoms with E-state index in [-0.39, 0.29) is 6.04 Å². The molecule has 1 unspecified atom stereocenters. The van der Waals surface area contributed by atoms with E-state index in [4.69, 9.17) is 10.2 Å². The van der Waals surface area contributed by atoms with Crippen LogP contribution in [0.5, 0.6) is 0 Å². The van der Waals surface area contributed by atoms with E-state index in [9.17, 15) is 0 Å². The third-order valence-corrected chi connectivity index (χ3v) is 3.86. The summed E-state index contributed by atoms with van der Waals surface area (Å²) in [6.45, 7) is 7.39. The van der Waals surface area contributed by atoms with Gasteiger partial charge in [-0.1, -0.05) is 6.07 Å². The summed E-state index contributed by atoms with van der Waals surface area (Å²) in [5, 5.41) is 0. The molecule has 5 heteroatoms. The molecular formula is C15H22N4O. The Hall–Kier alpha value is -1.43. The van der Waals surface area contributed by atoms with Crippen LogP contribution in [0.1, 0.15) is 24.4 Å². The van der Waals surface area contributed by atoms with Crippen molar-refractivity contribution in [3.05, 3.63) is 29.7 Å². The molecule has 0 bridgehead atoms. The number of aromatic nitrogens is 1. The summed E-state index contributed by atoms with van der Waals surface area (Å²) in [4.78, 5) is 9.31. The zero-order chi connectivity index (χ0) is 14.1. The maximum atomic E-state index is 5.81. The standard InChI is InChI=1S/C15H22N4O/c1-11(16)15-17-13-9-12(3-4-14(13)20-15)10-19-7-5-18(2)6-8-19/h3-4,9,11H,5-8,10,16H2,1-2H3. The first kappa shape index (κ1) is 13.5. The molecule has 0 amide bonds. The first-order valence-corrected chi connectivity index (χ1v) is 7.17. The number of hydrogen-bond acceptors (Lipinski definition) is 5. The maximum Gasteiger partial charge on any atom is 0.212 e. The molecule has 2 N–H and O–H groups in total. The smallest absolute Gasteiger partial charge is 0.212 e. The van der Waals surface area contributed by atoms with Crippen molar-refractivity contribution in [3.63, 3.8) is 0 Å². The SMILES string of the molecule is CC(N)c1nc2cc(CN3CCN(C)CC3)ccc2o1. The van der Waals surface area contributed by atoms with Gasteiger partial charge in [0.05, 0.1) is 6.04 Å². The number of hydrogen-bond donors (Lipinski definition) is 1. The van der Waals surface area contributed by atoms with Gasteiger partial charge in [0.15, 0.2) is 5.58 Å². The van der Waals surface area contributed by atoms with Gasteiger partial charge >= 0.3 is 0 Å². The van der Waals surface area contributed by atoms with Gasteiger partial charge in [-0.3, -0.25) is 4.90 Å². The molecule has 0 spiro atoms. The van der Waals surface area contributed by atoms with Gasteiger partial charge in [0, 0.05) is 32.7 Å². The molecule has 108 valence electrons. The molecule has 1 saturated heterocycles. The van der Waals surface area contributed by atoms with Gasteiger partial charge in [0.1, 0.15) is 5.52 Å². The van der Waals surface area contributed by atoms with E-state index in [0.29, 0.717) is 5.89 Å². The zero-order valence-electron chi connectivity index (χ0n) is 12.2. The Balaban J connectivity index is 1.75. The number of likely N-dealkylation sites (N-methyl/N-ethyl adjacent to an activating group) is 1. The summed E-state index contributed by atoms with van der Waals surface area (Å²) in [7, 11) is 2.17. The molecule has 1 aliphatic rings. The Morgan fingerprint density at radius 2 is 2.05 bits per heavy atom. The first-order valence-electron chi connectivity index (χ1n) is 7.17. The number of nitrogens with zero attached hydrogens (tertiary/aromatic N) is 3. The van der Waals surface area contributed by atoms with E-state index >= 15 is 0 Å². The minimum atomic E-state index is -0.163. The summed E-state index contributed by atoms with van der Waals surface area (Å²) in [5.41, 5.74) is 8.82. The average Bonchev–Trinajstić information content (AvgIpc) is 2.85.